The molecule has 0 aliphatic rings. The summed E-state index contributed by atoms with van der Waals surface area (Å²) in [5.74, 6) is -0.574. The number of hydrogen-bond donors (Lipinski definition) is 2. The van der Waals surface area contributed by atoms with Gasteiger partial charge in [-0.3, -0.25) is 9.59 Å². The minimum atomic E-state index is -1.13. The Morgan fingerprint density at radius 1 is 0.955 bits per heavy atom. The summed E-state index contributed by atoms with van der Waals surface area (Å²) in [6.45, 7) is 13.3. The lowest BCUT2D eigenvalue weighted by Gasteiger charge is -2.27. The first-order chi connectivity index (χ1) is 9.96. The molecule has 0 aromatic heterocycles. The maximum atomic E-state index is 12.6. The van der Waals surface area contributed by atoms with Crippen LogP contribution in [0, 0.1) is 5.41 Å². The minimum absolute atomic E-state index is 0.00133. The van der Waals surface area contributed by atoms with E-state index in [1.54, 1.807) is 13.8 Å². The number of carbonyl (C=O) groups excluding carboxylic acids is 2. The maximum Gasteiger partial charge on any atom is 0.239 e. The van der Waals surface area contributed by atoms with E-state index < -0.39 is 5.41 Å². The van der Waals surface area contributed by atoms with E-state index in [-0.39, 0.29) is 23.3 Å². The van der Waals surface area contributed by atoms with Gasteiger partial charge in [0, 0.05) is 11.7 Å². The molecule has 0 atom stereocenters. The Balaban J connectivity index is 3.01. The van der Waals surface area contributed by atoms with E-state index in [1.807, 2.05) is 38.1 Å². The molecule has 0 saturated heterocycles. The van der Waals surface area contributed by atoms with E-state index in [4.69, 9.17) is 0 Å². The molecule has 1 rings (SSSR count). The Hall–Kier alpha value is -1.84. The Bertz CT molecular complexity index is 554. The number of carbonyl (C=O) groups is 2. The first kappa shape index (κ1) is 18.2. The van der Waals surface area contributed by atoms with Gasteiger partial charge in [0.25, 0.3) is 0 Å². The number of hydrogen-bond acceptors (Lipinski definition) is 2. The lowest BCUT2D eigenvalue weighted by molar-refractivity contribution is -0.138. The number of nitrogens with one attached hydrogen (secondary N) is 2. The molecular weight excluding hydrogens is 276 g/mol. The Kier molecular flexibility index (Phi) is 5.39. The average molecular weight is 304 g/mol. The SMILES string of the molecule is CC(C)NC(=O)C(C)(C)C(=O)Nc1ccccc1C(C)(C)C. The van der Waals surface area contributed by atoms with Crippen molar-refractivity contribution < 1.29 is 9.59 Å². The summed E-state index contributed by atoms with van der Waals surface area (Å²) in [6, 6.07) is 7.70. The quantitative estimate of drug-likeness (QED) is 0.837. The van der Waals surface area contributed by atoms with Crippen LogP contribution < -0.4 is 10.6 Å². The van der Waals surface area contributed by atoms with Gasteiger partial charge in [-0.15, -0.1) is 0 Å². The molecule has 0 heterocycles. The Morgan fingerprint density at radius 2 is 1.50 bits per heavy atom. The van der Waals surface area contributed by atoms with E-state index >= 15 is 0 Å². The highest BCUT2D eigenvalue weighted by molar-refractivity contribution is 6.10. The smallest absolute Gasteiger partial charge is 0.239 e. The normalized spacial score (nSPS) is 12.2. The van der Waals surface area contributed by atoms with Crippen LogP contribution in [0.1, 0.15) is 54.0 Å². The summed E-state index contributed by atoms with van der Waals surface area (Å²) < 4.78 is 0. The van der Waals surface area contributed by atoms with E-state index in [0.717, 1.165) is 11.3 Å². The van der Waals surface area contributed by atoms with Crippen LogP contribution in [0.15, 0.2) is 24.3 Å². The largest absolute Gasteiger partial charge is 0.353 e. The number of para-hydroxylation sites is 1. The zero-order valence-corrected chi connectivity index (χ0v) is 14.7. The van der Waals surface area contributed by atoms with Crippen molar-refractivity contribution >= 4 is 17.5 Å². The first-order valence-electron chi connectivity index (χ1n) is 7.68. The van der Waals surface area contributed by atoms with Crippen molar-refractivity contribution in [2.45, 2.75) is 59.9 Å². The van der Waals surface area contributed by atoms with Crippen molar-refractivity contribution in [3.8, 4) is 0 Å². The lowest BCUT2D eigenvalue weighted by Crippen LogP contribution is -2.47. The second-order valence-electron chi connectivity index (χ2n) is 7.50. The molecule has 4 nitrogen and oxygen atoms in total. The Labute approximate surface area is 133 Å². The average Bonchev–Trinajstić information content (AvgIpc) is 2.37. The number of benzene rings is 1. The molecule has 0 bridgehead atoms. The van der Waals surface area contributed by atoms with Gasteiger partial charge in [-0.05, 0) is 44.7 Å². The van der Waals surface area contributed by atoms with Gasteiger partial charge >= 0.3 is 0 Å². The summed E-state index contributed by atoms with van der Waals surface area (Å²) >= 11 is 0. The van der Waals surface area contributed by atoms with Gasteiger partial charge in [0.15, 0.2) is 0 Å². The summed E-state index contributed by atoms with van der Waals surface area (Å²) in [4.78, 5) is 24.8. The topological polar surface area (TPSA) is 58.2 Å². The van der Waals surface area contributed by atoms with Crippen molar-refractivity contribution in [1.82, 2.24) is 5.32 Å². The molecule has 2 N–H and O–H groups in total. The van der Waals surface area contributed by atoms with Crippen LogP contribution in [-0.4, -0.2) is 17.9 Å². The van der Waals surface area contributed by atoms with Crippen LogP contribution in [0.3, 0.4) is 0 Å². The molecule has 0 fully saturated rings. The summed E-state index contributed by atoms with van der Waals surface area (Å²) in [6.07, 6.45) is 0. The van der Waals surface area contributed by atoms with E-state index in [1.165, 1.54) is 0 Å². The first-order valence-corrected chi connectivity index (χ1v) is 7.68. The molecule has 0 aliphatic heterocycles. The predicted molar refractivity (Wildman–Crippen MR) is 90.8 cm³/mol. The zero-order chi connectivity index (χ0) is 17.1. The summed E-state index contributed by atoms with van der Waals surface area (Å²) in [7, 11) is 0. The van der Waals surface area contributed by atoms with Crippen LogP contribution in [-0.2, 0) is 15.0 Å². The molecule has 2 amide bonds. The lowest BCUT2D eigenvalue weighted by atomic mass is 9.85. The second kappa shape index (κ2) is 6.51. The highest BCUT2D eigenvalue weighted by Gasteiger charge is 2.36. The third-order valence-corrected chi connectivity index (χ3v) is 3.54. The fraction of sp³-hybridized carbons (Fsp3) is 0.556. The monoisotopic (exact) mass is 304 g/mol. The zero-order valence-electron chi connectivity index (χ0n) is 14.7. The third-order valence-electron chi connectivity index (χ3n) is 3.54. The summed E-state index contributed by atoms with van der Waals surface area (Å²) in [5, 5.41) is 5.71. The van der Waals surface area contributed by atoms with Crippen molar-refractivity contribution in [3.05, 3.63) is 29.8 Å². The second-order valence-corrected chi connectivity index (χ2v) is 7.50. The van der Waals surface area contributed by atoms with Gasteiger partial charge in [-0.25, -0.2) is 0 Å². The van der Waals surface area contributed by atoms with Gasteiger partial charge in [-0.1, -0.05) is 39.0 Å². The van der Waals surface area contributed by atoms with E-state index in [9.17, 15) is 9.59 Å². The molecule has 0 saturated carbocycles. The van der Waals surface area contributed by atoms with Gasteiger partial charge in [0.1, 0.15) is 5.41 Å². The third kappa shape index (κ3) is 4.33. The van der Waals surface area contributed by atoms with Crippen LogP contribution in [0.25, 0.3) is 0 Å². The van der Waals surface area contributed by atoms with Gasteiger partial charge < -0.3 is 10.6 Å². The van der Waals surface area contributed by atoms with Crippen molar-refractivity contribution in [2.24, 2.45) is 5.41 Å². The number of anilines is 1. The molecule has 122 valence electrons. The molecular formula is C18H28N2O2. The molecule has 1 aromatic rings. The van der Waals surface area contributed by atoms with E-state index in [0.29, 0.717) is 0 Å². The van der Waals surface area contributed by atoms with Crippen LogP contribution in [0.2, 0.25) is 0 Å². The molecule has 1 aromatic carbocycles. The molecule has 22 heavy (non-hydrogen) atoms. The number of amides is 2. The van der Waals surface area contributed by atoms with Crippen LogP contribution in [0.4, 0.5) is 5.69 Å². The van der Waals surface area contributed by atoms with Gasteiger partial charge in [-0.2, -0.15) is 0 Å². The van der Waals surface area contributed by atoms with Crippen LogP contribution in [0.5, 0.6) is 0 Å². The summed E-state index contributed by atoms with van der Waals surface area (Å²) in [5.41, 5.74) is 0.581. The van der Waals surface area contributed by atoms with Gasteiger partial charge in [0.2, 0.25) is 11.8 Å². The fourth-order valence-electron chi connectivity index (χ4n) is 2.07. The molecule has 0 aliphatic carbocycles. The maximum absolute atomic E-state index is 12.6. The van der Waals surface area contributed by atoms with Crippen molar-refractivity contribution in [3.63, 3.8) is 0 Å². The molecule has 4 heteroatoms. The van der Waals surface area contributed by atoms with Crippen LogP contribution >= 0.6 is 0 Å². The highest BCUT2D eigenvalue weighted by atomic mass is 16.2. The highest BCUT2D eigenvalue weighted by Crippen LogP contribution is 2.30. The minimum Gasteiger partial charge on any atom is -0.353 e. The standard InChI is InChI=1S/C18H28N2O2/c1-12(2)19-15(21)18(6,7)16(22)20-14-11-9-8-10-13(14)17(3,4)5/h8-12H,1-7H3,(H,19,21)(H,20,22). The Morgan fingerprint density at radius 3 is 2.00 bits per heavy atom. The van der Waals surface area contributed by atoms with Gasteiger partial charge in [0.05, 0.1) is 0 Å². The molecule has 0 unspecified atom stereocenters. The van der Waals surface area contributed by atoms with E-state index in [2.05, 4.69) is 31.4 Å². The fourth-order valence-corrected chi connectivity index (χ4v) is 2.07. The molecule has 0 spiro atoms. The predicted octanol–water partition coefficient (Wildman–Crippen LogP) is 3.47. The van der Waals surface area contributed by atoms with Crippen molar-refractivity contribution in [1.29, 1.82) is 0 Å². The number of rotatable bonds is 4. The van der Waals surface area contributed by atoms with Crippen molar-refractivity contribution in [2.75, 3.05) is 5.32 Å². The molecule has 0 radical (unpaired) electrons.